The third-order valence-corrected chi connectivity index (χ3v) is 2.15. The summed E-state index contributed by atoms with van der Waals surface area (Å²) >= 11 is 0. The Morgan fingerprint density at radius 1 is 1.21 bits per heavy atom. The predicted octanol–water partition coefficient (Wildman–Crippen LogP) is 1.86. The normalized spacial score (nSPS) is 11.4. The Bertz CT molecular complexity index is 391. The molecule has 0 amide bonds. The lowest BCUT2D eigenvalue weighted by atomic mass is 10.2. The highest BCUT2D eigenvalue weighted by molar-refractivity contribution is 5.37. The maximum Gasteiger partial charge on any atom is 0.218 e. The molecule has 0 aliphatic carbocycles. The van der Waals surface area contributed by atoms with Gasteiger partial charge in [-0.25, -0.2) is 4.98 Å². The van der Waals surface area contributed by atoms with Crippen molar-refractivity contribution in [3.8, 4) is 5.88 Å². The molecule has 19 heavy (non-hydrogen) atoms. The smallest absolute Gasteiger partial charge is 0.218 e. The molecule has 0 saturated carbocycles. The number of rotatable bonds is 7. The SMILES string of the molecule is CNc1cc(OCCOC(C)(C)C)nc(COC)n1. The molecular weight excluding hydrogens is 246 g/mol. The van der Waals surface area contributed by atoms with Crippen molar-refractivity contribution in [3.63, 3.8) is 0 Å². The number of methoxy groups -OCH3 is 1. The van der Waals surface area contributed by atoms with E-state index in [2.05, 4.69) is 15.3 Å². The fourth-order valence-electron chi connectivity index (χ4n) is 1.36. The van der Waals surface area contributed by atoms with E-state index in [1.165, 1.54) is 0 Å². The lowest BCUT2D eigenvalue weighted by Crippen LogP contribution is -2.22. The van der Waals surface area contributed by atoms with Gasteiger partial charge in [0.1, 0.15) is 19.0 Å². The van der Waals surface area contributed by atoms with Crippen molar-refractivity contribution in [2.45, 2.75) is 33.0 Å². The van der Waals surface area contributed by atoms with Crippen LogP contribution in [-0.2, 0) is 16.1 Å². The van der Waals surface area contributed by atoms with E-state index in [1.807, 2.05) is 20.8 Å². The van der Waals surface area contributed by atoms with Crippen LogP contribution in [0.25, 0.3) is 0 Å². The quantitative estimate of drug-likeness (QED) is 0.762. The maximum absolute atomic E-state index is 5.58. The lowest BCUT2D eigenvalue weighted by Gasteiger charge is -2.19. The second kappa shape index (κ2) is 7.25. The first kappa shape index (κ1) is 15.7. The third kappa shape index (κ3) is 6.35. The fourth-order valence-corrected chi connectivity index (χ4v) is 1.36. The van der Waals surface area contributed by atoms with Gasteiger partial charge in [-0.15, -0.1) is 0 Å². The zero-order valence-electron chi connectivity index (χ0n) is 12.3. The molecule has 1 heterocycles. The van der Waals surface area contributed by atoms with Gasteiger partial charge in [0.2, 0.25) is 5.88 Å². The van der Waals surface area contributed by atoms with E-state index in [0.717, 1.165) is 0 Å². The van der Waals surface area contributed by atoms with Gasteiger partial charge >= 0.3 is 0 Å². The molecule has 1 aromatic rings. The van der Waals surface area contributed by atoms with Crippen LogP contribution in [0.3, 0.4) is 0 Å². The summed E-state index contributed by atoms with van der Waals surface area (Å²) in [7, 11) is 3.40. The van der Waals surface area contributed by atoms with Crippen LogP contribution in [-0.4, -0.2) is 42.9 Å². The third-order valence-electron chi connectivity index (χ3n) is 2.15. The Morgan fingerprint density at radius 2 is 1.95 bits per heavy atom. The average molecular weight is 269 g/mol. The van der Waals surface area contributed by atoms with Crippen molar-refractivity contribution < 1.29 is 14.2 Å². The number of hydrogen-bond donors (Lipinski definition) is 1. The highest BCUT2D eigenvalue weighted by Gasteiger charge is 2.10. The van der Waals surface area contributed by atoms with Gasteiger partial charge in [-0.05, 0) is 20.8 Å². The Kier molecular flexibility index (Phi) is 5.98. The molecule has 0 saturated heterocycles. The van der Waals surface area contributed by atoms with Gasteiger partial charge in [0.25, 0.3) is 0 Å². The summed E-state index contributed by atoms with van der Waals surface area (Å²) in [6.45, 7) is 7.34. The van der Waals surface area contributed by atoms with Gasteiger partial charge in [-0.3, -0.25) is 0 Å². The molecule has 0 unspecified atom stereocenters. The van der Waals surface area contributed by atoms with Gasteiger partial charge in [-0.2, -0.15) is 4.98 Å². The first-order valence-corrected chi connectivity index (χ1v) is 6.26. The minimum absolute atomic E-state index is 0.160. The van der Waals surface area contributed by atoms with Crippen LogP contribution in [0.2, 0.25) is 0 Å². The van der Waals surface area contributed by atoms with E-state index in [4.69, 9.17) is 14.2 Å². The molecule has 108 valence electrons. The van der Waals surface area contributed by atoms with E-state index in [1.54, 1.807) is 20.2 Å². The van der Waals surface area contributed by atoms with Gasteiger partial charge in [0, 0.05) is 20.2 Å². The summed E-state index contributed by atoms with van der Waals surface area (Å²) in [5, 5.41) is 2.96. The first-order valence-electron chi connectivity index (χ1n) is 6.26. The second-order valence-corrected chi connectivity index (χ2v) is 5.00. The largest absolute Gasteiger partial charge is 0.475 e. The summed E-state index contributed by atoms with van der Waals surface area (Å²) in [5.74, 6) is 1.80. The van der Waals surface area contributed by atoms with Gasteiger partial charge in [0.15, 0.2) is 5.82 Å². The number of anilines is 1. The number of aromatic nitrogens is 2. The molecule has 1 aromatic heterocycles. The molecule has 0 atom stereocenters. The van der Waals surface area contributed by atoms with E-state index < -0.39 is 0 Å². The number of ether oxygens (including phenoxy) is 3. The molecule has 1 N–H and O–H groups in total. The van der Waals surface area contributed by atoms with Crippen LogP contribution in [0.4, 0.5) is 5.82 Å². The van der Waals surface area contributed by atoms with Crippen molar-refractivity contribution in [1.82, 2.24) is 9.97 Å². The minimum Gasteiger partial charge on any atom is -0.475 e. The first-order chi connectivity index (χ1) is 8.94. The van der Waals surface area contributed by atoms with Gasteiger partial charge in [-0.1, -0.05) is 0 Å². The molecule has 6 nitrogen and oxygen atoms in total. The summed E-state index contributed by atoms with van der Waals surface area (Å²) < 4.78 is 16.2. The zero-order chi connectivity index (χ0) is 14.3. The monoisotopic (exact) mass is 269 g/mol. The van der Waals surface area contributed by atoms with Crippen LogP contribution in [0.15, 0.2) is 6.07 Å². The Morgan fingerprint density at radius 3 is 2.53 bits per heavy atom. The number of hydrogen-bond acceptors (Lipinski definition) is 6. The van der Waals surface area contributed by atoms with Crippen LogP contribution in [0.1, 0.15) is 26.6 Å². The highest BCUT2D eigenvalue weighted by atomic mass is 16.5. The fraction of sp³-hybridized carbons (Fsp3) is 0.692. The maximum atomic E-state index is 5.58. The van der Waals surface area contributed by atoms with Crippen LogP contribution >= 0.6 is 0 Å². The summed E-state index contributed by atoms with van der Waals surface area (Å²) in [6.07, 6.45) is 0. The van der Waals surface area contributed by atoms with Crippen LogP contribution < -0.4 is 10.1 Å². The Hall–Kier alpha value is -1.40. The summed E-state index contributed by atoms with van der Waals surface area (Å²) in [4.78, 5) is 8.50. The average Bonchev–Trinajstić information content (AvgIpc) is 2.34. The molecule has 0 bridgehead atoms. The molecule has 0 fully saturated rings. The van der Waals surface area contributed by atoms with E-state index >= 15 is 0 Å². The zero-order valence-corrected chi connectivity index (χ0v) is 12.3. The Balaban J connectivity index is 2.54. The molecule has 6 heteroatoms. The van der Waals surface area contributed by atoms with Gasteiger partial charge in [0.05, 0.1) is 12.2 Å². The molecule has 0 aromatic carbocycles. The van der Waals surface area contributed by atoms with Crippen LogP contribution in [0.5, 0.6) is 5.88 Å². The topological polar surface area (TPSA) is 65.5 Å². The van der Waals surface area contributed by atoms with Crippen molar-refractivity contribution in [3.05, 3.63) is 11.9 Å². The summed E-state index contributed by atoms with van der Waals surface area (Å²) in [6, 6.07) is 1.75. The van der Waals surface area contributed by atoms with Crippen molar-refractivity contribution in [2.24, 2.45) is 0 Å². The second-order valence-electron chi connectivity index (χ2n) is 5.00. The molecule has 1 rings (SSSR count). The lowest BCUT2D eigenvalue weighted by molar-refractivity contribution is -0.0168. The minimum atomic E-state index is -0.160. The van der Waals surface area contributed by atoms with Crippen molar-refractivity contribution in [1.29, 1.82) is 0 Å². The summed E-state index contributed by atoms with van der Waals surface area (Å²) in [5.41, 5.74) is -0.160. The van der Waals surface area contributed by atoms with E-state index in [0.29, 0.717) is 37.3 Å². The van der Waals surface area contributed by atoms with Crippen molar-refractivity contribution in [2.75, 3.05) is 32.7 Å². The number of nitrogens with one attached hydrogen (secondary N) is 1. The molecular formula is C13H23N3O3. The molecule has 0 aliphatic rings. The molecule has 0 spiro atoms. The van der Waals surface area contributed by atoms with Gasteiger partial charge < -0.3 is 19.5 Å². The van der Waals surface area contributed by atoms with Crippen LogP contribution in [0, 0.1) is 0 Å². The van der Waals surface area contributed by atoms with Crippen molar-refractivity contribution >= 4 is 5.82 Å². The van der Waals surface area contributed by atoms with E-state index in [9.17, 15) is 0 Å². The van der Waals surface area contributed by atoms with E-state index in [-0.39, 0.29) is 5.60 Å². The highest BCUT2D eigenvalue weighted by Crippen LogP contribution is 2.14. The predicted molar refractivity (Wildman–Crippen MR) is 73.5 cm³/mol. The molecule has 0 aliphatic heterocycles. The number of nitrogens with zero attached hydrogens (tertiary/aromatic N) is 2. The Labute approximate surface area is 114 Å². The molecule has 0 radical (unpaired) electrons. The standard InChI is InChI=1S/C13H23N3O3/c1-13(2,3)19-7-6-18-12-8-10(14-4)15-11(16-12)9-17-5/h8H,6-7,9H2,1-5H3,(H,14,15,16).